The van der Waals surface area contributed by atoms with Crippen LogP contribution in [0.3, 0.4) is 0 Å². The molecule has 2 rings (SSSR count). The van der Waals surface area contributed by atoms with Gasteiger partial charge in [0, 0.05) is 25.3 Å². The van der Waals surface area contributed by atoms with Gasteiger partial charge in [0.1, 0.15) is 17.7 Å². The second-order valence-corrected chi connectivity index (χ2v) is 5.66. The van der Waals surface area contributed by atoms with Gasteiger partial charge in [-0.2, -0.15) is 4.98 Å². The minimum Gasteiger partial charge on any atom is -0.386 e. The molecule has 0 saturated heterocycles. The fraction of sp³-hybridized carbons (Fsp3) is 0.438. The molecular weight excluding hydrogens is 320 g/mol. The third kappa shape index (κ3) is 4.58. The van der Waals surface area contributed by atoms with Crippen LogP contribution in [0.4, 0.5) is 8.78 Å². The zero-order valence-electron chi connectivity index (χ0n) is 13.4. The minimum atomic E-state index is -1.47. The monoisotopic (exact) mass is 339 g/mol. The topological polar surface area (TPSA) is 88.2 Å². The van der Waals surface area contributed by atoms with Crippen LogP contribution in [0.1, 0.15) is 49.6 Å². The highest BCUT2D eigenvalue weighted by Crippen LogP contribution is 2.20. The van der Waals surface area contributed by atoms with Crippen molar-refractivity contribution in [1.82, 2.24) is 15.5 Å². The molecule has 0 aliphatic rings. The number of benzene rings is 1. The molecule has 0 fully saturated rings. The van der Waals surface area contributed by atoms with Crippen LogP contribution in [-0.4, -0.2) is 27.7 Å². The highest BCUT2D eigenvalue weighted by Gasteiger charge is 2.18. The molecule has 1 unspecified atom stereocenters. The first kappa shape index (κ1) is 18.0. The number of halogens is 2. The van der Waals surface area contributed by atoms with Crippen LogP contribution < -0.4 is 5.32 Å². The van der Waals surface area contributed by atoms with Crippen molar-refractivity contribution in [3.05, 3.63) is 47.1 Å². The molecule has 0 aliphatic carbocycles. The number of amides is 1. The van der Waals surface area contributed by atoms with Crippen molar-refractivity contribution < 1.29 is 23.2 Å². The zero-order valence-corrected chi connectivity index (χ0v) is 13.4. The van der Waals surface area contributed by atoms with Crippen LogP contribution in [0.15, 0.2) is 22.7 Å². The van der Waals surface area contributed by atoms with E-state index in [0.29, 0.717) is 11.7 Å². The highest BCUT2D eigenvalue weighted by atomic mass is 19.1. The van der Waals surface area contributed by atoms with Gasteiger partial charge in [0.25, 0.3) is 0 Å². The van der Waals surface area contributed by atoms with Gasteiger partial charge in [-0.05, 0) is 12.1 Å². The standard InChI is InChI=1S/C16H19F2N3O3/c1-9(2)16-20-14(24-21-16)7-6-13(23)19-8-12(22)15-10(17)4-3-5-11(15)18/h3-5,9,12,22H,6-8H2,1-2H3,(H,19,23). The molecule has 2 N–H and O–H groups in total. The first-order valence-electron chi connectivity index (χ1n) is 7.59. The van der Waals surface area contributed by atoms with Gasteiger partial charge < -0.3 is 14.9 Å². The van der Waals surface area contributed by atoms with E-state index in [1.54, 1.807) is 0 Å². The minimum absolute atomic E-state index is 0.0617. The summed E-state index contributed by atoms with van der Waals surface area (Å²) in [4.78, 5) is 15.9. The molecule has 1 aromatic heterocycles. The number of aromatic nitrogens is 2. The van der Waals surface area contributed by atoms with E-state index >= 15 is 0 Å². The molecule has 1 aromatic carbocycles. The Hall–Kier alpha value is -2.35. The van der Waals surface area contributed by atoms with E-state index in [2.05, 4.69) is 15.5 Å². The molecule has 0 radical (unpaired) electrons. The molecule has 8 heteroatoms. The normalized spacial score (nSPS) is 12.4. The van der Waals surface area contributed by atoms with Gasteiger partial charge in [-0.25, -0.2) is 8.78 Å². The maximum absolute atomic E-state index is 13.5. The zero-order chi connectivity index (χ0) is 17.7. The number of aliphatic hydroxyl groups excluding tert-OH is 1. The van der Waals surface area contributed by atoms with Crippen molar-refractivity contribution in [1.29, 1.82) is 0 Å². The summed E-state index contributed by atoms with van der Waals surface area (Å²) in [5, 5.41) is 16.1. The molecule has 0 bridgehead atoms. The van der Waals surface area contributed by atoms with E-state index < -0.39 is 29.2 Å². The molecule has 1 atom stereocenters. The lowest BCUT2D eigenvalue weighted by atomic mass is 10.1. The Balaban J connectivity index is 1.82. The Kier molecular flexibility index (Phi) is 5.97. The average Bonchev–Trinajstić information content (AvgIpc) is 3.00. The molecule has 0 spiro atoms. The molecule has 2 aromatic rings. The van der Waals surface area contributed by atoms with Gasteiger partial charge in [-0.1, -0.05) is 25.1 Å². The quantitative estimate of drug-likeness (QED) is 0.808. The van der Waals surface area contributed by atoms with Crippen LogP contribution in [0.5, 0.6) is 0 Å². The summed E-state index contributed by atoms with van der Waals surface area (Å²) in [5.41, 5.74) is -0.462. The predicted molar refractivity (Wildman–Crippen MR) is 81.0 cm³/mol. The summed E-state index contributed by atoms with van der Waals surface area (Å²) in [7, 11) is 0. The lowest BCUT2D eigenvalue weighted by molar-refractivity contribution is -0.121. The van der Waals surface area contributed by atoms with E-state index in [-0.39, 0.29) is 25.3 Å². The smallest absolute Gasteiger partial charge is 0.227 e. The first-order chi connectivity index (χ1) is 11.4. The summed E-state index contributed by atoms with van der Waals surface area (Å²) in [5.74, 6) is -1.07. The number of nitrogens with zero attached hydrogens (tertiary/aromatic N) is 2. The molecule has 24 heavy (non-hydrogen) atoms. The van der Waals surface area contributed by atoms with Crippen molar-refractivity contribution in [2.75, 3.05) is 6.54 Å². The largest absolute Gasteiger partial charge is 0.386 e. The molecule has 0 saturated carbocycles. The van der Waals surface area contributed by atoms with Gasteiger partial charge in [-0.15, -0.1) is 0 Å². The maximum Gasteiger partial charge on any atom is 0.227 e. The number of carbonyl (C=O) groups excluding carboxylic acids is 1. The lowest BCUT2D eigenvalue weighted by Crippen LogP contribution is -2.29. The van der Waals surface area contributed by atoms with Crippen molar-refractivity contribution in [2.45, 2.75) is 38.7 Å². The van der Waals surface area contributed by atoms with Crippen LogP contribution in [-0.2, 0) is 11.2 Å². The number of hydrogen-bond acceptors (Lipinski definition) is 5. The van der Waals surface area contributed by atoms with Gasteiger partial charge >= 0.3 is 0 Å². The van der Waals surface area contributed by atoms with Crippen LogP contribution in [0.2, 0.25) is 0 Å². The summed E-state index contributed by atoms with van der Waals surface area (Å²) in [6.45, 7) is 3.55. The van der Waals surface area contributed by atoms with E-state index in [9.17, 15) is 18.7 Å². The fourth-order valence-electron chi connectivity index (χ4n) is 2.05. The van der Waals surface area contributed by atoms with Gasteiger partial charge in [0.15, 0.2) is 5.82 Å². The Morgan fingerprint density at radius 3 is 2.58 bits per heavy atom. The van der Waals surface area contributed by atoms with Gasteiger partial charge in [0.05, 0.1) is 5.56 Å². The van der Waals surface area contributed by atoms with E-state index in [1.165, 1.54) is 6.07 Å². The van der Waals surface area contributed by atoms with E-state index in [4.69, 9.17) is 4.52 Å². The van der Waals surface area contributed by atoms with E-state index in [0.717, 1.165) is 12.1 Å². The summed E-state index contributed by atoms with van der Waals surface area (Å²) < 4.78 is 32.1. The summed E-state index contributed by atoms with van der Waals surface area (Å²) >= 11 is 0. The van der Waals surface area contributed by atoms with Crippen molar-refractivity contribution in [3.63, 3.8) is 0 Å². The SMILES string of the molecule is CC(C)c1noc(CCC(=O)NCC(O)c2c(F)cccc2F)n1. The van der Waals surface area contributed by atoms with Crippen LogP contribution in [0, 0.1) is 11.6 Å². The Labute approximate surface area is 137 Å². The number of nitrogens with one attached hydrogen (secondary N) is 1. The number of carbonyl (C=O) groups is 1. The molecule has 0 aliphatic heterocycles. The second-order valence-electron chi connectivity index (χ2n) is 5.66. The maximum atomic E-state index is 13.5. The molecular formula is C16H19F2N3O3. The molecule has 1 heterocycles. The Morgan fingerprint density at radius 2 is 2.00 bits per heavy atom. The number of aryl methyl sites for hydroxylation is 1. The third-order valence-corrected chi connectivity index (χ3v) is 3.39. The molecule has 1 amide bonds. The van der Waals surface area contributed by atoms with Crippen LogP contribution >= 0.6 is 0 Å². The second kappa shape index (κ2) is 7.96. The Morgan fingerprint density at radius 1 is 1.33 bits per heavy atom. The van der Waals surface area contributed by atoms with Gasteiger partial charge in [0.2, 0.25) is 11.8 Å². The van der Waals surface area contributed by atoms with Crippen molar-refractivity contribution >= 4 is 5.91 Å². The summed E-state index contributed by atoms with van der Waals surface area (Å²) in [6, 6.07) is 3.30. The highest BCUT2D eigenvalue weighted by molar-refractivity contribution is 5.76. The average molecular weight is 339 g/mol. The summed E-state index contributed by atoms with van der Waals surface area (Å²) in [6.07, 6.45) is -1.16. The Bertz CT molecular complexity index is 683. The molecule has 130 valence electrons. The fourth-order valence-corrected chi connectivity index (χ4v) is 2.05. The number of rotatable bonds is 7. The van der Waals surface area contributed by atoms with E-state index in [1.807, 2.05) is 13.8 Å². The van der Waals surface area contributed by atoms with Crippen molar-refractivity contribution in [2.24, 2.45) is 0 Å². The third-order valence-electron chi connectivity index (χ3n) is 3.39. The van der Waals surface area contributed by atoms with Crippen molar-refractivity contribution in [3.8, 4) is 0 Å². The van der Waals surface area contributed by atoms with Crippen LogP contribution in [0.25, 0.3) is 0 Å². The number of aliphatic hydroxyl groups is 1. The molecule has 6 nitrogen and oxygen atoms in total. The number of hydrogen-bond donors (Lipinski definition) is 2. The first-order valence-corrected chi connectivity index (χ1v) is 7.59. The lowest BCUT2D eigenvalue weighted by Gasteiger charge is -2.13. The predicted octanol–water partition coefficient (Wildman–Crippen LogP) is 2.25. The van der Waals surface area contributed by atoms with Gasteiger partial charge in [-0.3, -0.25) is 4.79 Å².